The molecule has 0 nitrogen and oxygen atoms in total. The predicted octanol–water partition coefficient (Wildman–Crippen LogP) is 3.59. The zero-order chi connectivity index (χ0) is 10.7. The van der Waals surface area contributed by atoms with E-state index in [9.17, 15) is 0 Å². The second kappa shape index (κ2) is 6.88. The first-order valence-corrected chi connectivity index (χ1v) is 10.3. The summed E-state index contributed by atoms with van der Waals surface area (Å²) in [6.45, 7) is 0. The molecule has 15 heavy (non-hydrogen) atoms. The standard InChI is InChI=1S/C9H16S6/c10-2-6-4-12-8(14-6)1-9-13-5-7(3-11)15-9/h6-11H,1-5H2. The Bertz CT molecular complexity index is 179. The predicted molar refractivity (Wildman–Crippen MR) is 87.6 cm³/mol. The molecule has 0 spiro atoms. The zero-order valence-corrected chi connectivity index (χ0v) is 13.4. The first-order valence-electron chi connectivity index (χ1n) is 5.07. The molecule has 0 aromatic heterocycles. The molecule has 2 aliphatic heterocycles. The fourth-order valence-electron chi connectivity index (χ4n) is 1.61. The lowest BCUT2D eigenvalue weighted by Crippen LogP contribution is -2.05. The number of thiol groups is 2. The van der Waals surface area contributed by atoms with Crippen molar-refractivity contribution < 1.29 is 0 Å². The highest BCUT2D eigenvalue weighted by Gasteiger charge is 2.31. The van der Waals surface area contributed by atoms with E-state index in [0.29, 0.717) is 0 Å². The van der Waals surface area contributed by atoms with Crippen molar-refractivity contribution in [1.82, 2.24) is 0 Å². The third-order valence-electron chi connectivity index (χ3n) is 2.42. The number of hydrogen-bond acceptors (Lipinski definition) is 6. The zero-order valence-electron chi connectivity index (χ0n) is 8.37. The van der Waals surface area contributed by atoms with E-state index in [1.165, 1.54) is 17.9 Å². The highest BCUT2D eigenvalue weighted by molar-refractivity contribution is 8.22. The number of hydrogen-bond donors (Lipinski definition) is 2. The van der Waals surface area contributed by atoms with Gasteiger partial charge in [0.1, 0.15) is 0 Å². The molecule has 0 aromatic rings. The van der Waals surface area contributed by atoms with Crippen LogP contribution in [0.1, 0.15) is 6.42 Å². The highest BCUT2D eigenvalue weighted by atomic mass is 32.2. The Balaban J connectivity index is 1.70. The molecule has 0 aliphatic carbocycles. The van der Waals surface area contributed by atoms with Gasteiger partial charge < -0.3 is 0 Å². The fraction of sp³-hybridized carbons (Fsp3) is 1.00. The van der Waals surface area contributed by atoms with Crippen molar-refractivity contribution in [1.29, 1.82) is 0 Å². The van der Waals surface area contributed by atoms with Crippen molar-refractivity contribution in [3.63, 3.8) is 0 Å². The molecule has 0 saturated carbocycles. The third-order valence-corrected chi connectivity index (χ3v) is 10.4. The number of rotatable bonds is 4. The van der Waals surface area contributed by atoms with Gasteiger partial charge in [0.15, 0.2) is 0 Å². The van der Waals surface area contributed by atoms with Gasteiger partial charge in [-0.15, -0.1) is 47.0 Å². The Morgan fingerprint density at radius 2 is 1.33 bits per heavy atom. The van der Waals surface area contributed by atoms with Crippen LogP contribution >= 0.6 is 72.3 Å². The smallest absolute Gasteiger partial charge is 0.0524 e. The number of thioether (sulfide) groups is 4. The Morgan fingerprint density at radius 1 is 0.867 bits per heavy atom. The van der Waals surface area contributed by atoms with Gasteiger partial charge in [0.25, 0.3) is 0 Å². The van der Waals surface area contributed by atoms with Crippen LogP contribution in [-0.4, -0.2) is 42.7 Å². The highest BCUT2D eigenvalue weighted by Crippen LogP contribution is 2.47. The van der Waals surface area contributed by atoms with E-state index in [2.05, 4.69) is 72.3 Å². The van der Waals surface area contributed by atoms with Crippen molar-refractivity contribution in [2.75, 3.05) is 23.0 Å². The summed E-state index contributed by atoms with van der Waals surface area (Å²) in [6, 6.07) is 0. The van der Waals surface area contributed by atoms with Gasteiger partial charge >= 0.3 is 0 Å². The van der Waals surface area contributed by atoms with E-state index in [0.717, 1.165) is 31.2 Å². The summed E-state index contributed by atoms with van der Waals surface area (Å²) in [7, 11) is 0. The topological polar surface area (TPSA) is 0 Å². The average Bonchev–Trinajstić information content (AvgIpc) is 2.87. The van der Waals surface area contributed by atoms with Crippen molar-refractivity contribution in [3.05, 3.63) is 0 Å². The van der Waals surface area contributed by atoms with Crippen LogP contribution in [0.2, 0.25) is 0 Å². The van der Waals surface area contributed by atoms with Crippen LogP contribution in [-0.2, 0) is 0 Å². The molecule has 0 aromatic carbocycles. The van der Waals surface area contributed by atoms with Crippen molar-refractivity contribution >= 4 is 72.3 Å². The summed E-state index contributed by atoms with van der Waals surface area (Å²) in [5.74, 6) is 4.69. The van der Waals surface area contributed by atoms with Crippen LogP contribution in [0, 0.1) is 0 Å². The Morgan fingerprint density at radius 3 is 1.67 bits per heavy atom. The van der Waals surface area contributed by atoms with Crippen LogP contribution in [0.4, 0.5) is 0 Å². The fourth-order valence-corrected chi connectivity index (χ4v) is 9.75. The molecular weight excluding hydrogens is 301 g/mol. The summed E-state index contributed by atoms with van der Waals surface area (Å²) in [4.78, 5) is 0. The minimum absolute atomic E-state index is 0.792. The molecule has 2 heterocycles. The lowest BCUT2D eigenvalue weighted by atomic mass is 10.5. The van der Waals surface area contributed by atoms with Crippen LogP contribution in [0.15, 0.2) is 0 Å². The van der Waals surface area contributed by atoms with Crippen LogP contribution < -0.4 is 0 Å². The molecule has 88 valence electrons. The van der Waals surface area contributed by atoms with Gasteiger partial charge in [-0.3, -0.25) is 0 Å². The van der Waals surface area contributed by atoms with E-state index in [-0.39, 0.29) is 0 Å². The maximum Gasteiger partial charge on any atom is 0.0524 e. The molecule has 0 N–H and O–H groups in total. The molecule has 0 amide bonds. The maximum absolute atomic E-state index is 4.38. The molecule has 2 fully saturated rings. The summed E-state index contributed by atoms with van der Waals surface area (Å²) in [5.41, 5.74) is 0. The molecule has 4 unspecified atom stereocenters. The minimum Gasteiger partial charge on any atom is -0.178 e. The summed E-state index contributed by atoms with van der Waals surface area (Å²) in [5, 5.41) is 1.58. The molecule has 4 atom stereocenters. The van der Waals surface area contributed by atoms with Gasteiger partial charge in [-0.25, -0.2) is 0 Å². The van der Waals surface area contributed by atoms with Gasteiger partial charge in [0, 0.05) is 33.5 Å². The van der Waals surface area contributed by atoms with Crippen LogP contribution in [0.25, 0.3) is 0 Å². The van der Waals surface area contributed by atoms with Gasteiger partial charge in [-0.05, 0) is 6.42 Å². The Hall–Kier alpha value is 2.10. The molecule has 0 bridgehead atoms. The summed E-state index contributed by atoms with van der Waals surface area (Å²) in [6.07, 6.45) is 1.36. The molecular formula is C9H16S6. The van der Waals surface area contributed by atoms with Crippen molar-refractivity contribution in [2.24, 2.45) is 0 Å². The molecule has 2 rings (SSSR count). The average molecular weight is 317 g/mol. The van der Waals surface area contributed by atoms with E-state index in [1.807, 2.05) is 0 Å². The first kappa shape index (κ1) is 13.5. The second-order valence-electron chi connectivity index (χ2n) is 3.64. The summed E-state index contributed by atoms with van der Waals surface area (Å²) >= 11 is 17.3. The van der Waals surface area contributed by atoms with E-state index < -0.39 is 0 Å². The van der Waals surface area contributed by atoms with Crippen LogP contribution in [0.3, 0.4) is 0 Å². The van der Waals surface area contributed by atoms with Gasteiger partial charge in [-0.2, -0.15) is 25.3 Å². The van der Waals surface area contributed by atoms with Gasteiger partial charge in [-0.1, -0.05) is 0 Å². The lowest BCUT2D eigenvalue weighted by molar-refractivity contribution is 1.04. The quantitative estimate of drug-likeness (QED) is 0.760. The van der Waals surface area contributed by atoms with Gasteiger partial charge in [0.05, 0.1) is 9.16 Å². The largest absolute Gasteiger partial charge is 0.178 e. The van der Waals surface area contributed by atoms with E-state index in [4.69, 9.17) is 0 Å². The van der Waals surface area contributed by atoms with Crippen molar-refractivity contribution in [3.8, 4) is 0 Å². The molecule has 2 saturated heterocycles. The monoisotopic (exact) mass is 316 g/mol. The third kappa shape index (κ3) is 4.05. The SMILES string of the molecule is SCC1CSC(CC2SCC(CS)S2)S1. The molecule has 0 radical (unpaired) electrons. The van der Waals surface area contributed by atoms with E-state index in [1.54, 1.807) is 0 Å². The molecule has 6 heteroatoms. The Kier molecular flexibility index (Phi) is 6.21. The van der Waals surface area contributed by atoms with Crippen molar-refractivity contribution in [2.45, 2.75) is 26.1 Å². The second-order valence-corrected chi connectivity index (χ2v) is 10.5. The lowest BCUT2D eigenvalue weighted by Gasteiger charge is -2.13. The normalized spacial score (nSPS) is 41.2. The minimum atomic E-state index is 0.792. The molecule has 2 aliphatic rings. The van der Waals surface area contributed by atoms with Crippen LogP contribution in [0.5, 0.6) is 0 Å². The first-order chi connectivity index (χ1) is 7.31. The maximum atomic E-state index is 4.38. The van der Waals surface area contributed by atoms with Gasteiger partial charge in [0.2, 0.25) is 0 Å². The Labute approximate surface area is 120 Å². The summed E-state index contributed by atoms with van der Waals surface area (Å²) < 4.78 is 1.65. The van der Waals surface area contributed by atoms with E-state index >= 15 is 0 Å².